The van der Waals surface area contributed by atoms with Crippen molar-refractivity contribution < 1.29 is 0 Å². The molecule has 2 aliphatic carbocycles. The summed E-state index contributed by atoms with van der Waals surface area (Å²) in [5.41, 5.74) is 21.6. The molecule has 0 unspecified atom stereocenters. The molecule has 0 aromatic heterocycles. The Balaban J connectivity index is 1.37. The zero-order valence-corrected chi connectivity index (χ0v) is 19.4. The van der Waals surface area contributed by atoms with Crippen molar-refractivity contribution in [2.75, 3.05) is 4.90 Å². The fourth-order valence-corrected chi connectivity index (χ4v) is 7.20. The lowest BCUT2D eigenvalue weighted by Crippen LogP contribution is -2.25. The van der Waals surface area contributed by atoms with Gasteiger partial charge in [-0.15, -0.1) is 0 Å². The first kappa shape index (κ1) is 18.3. The fraction of sp³-hybridized carbons (Fsp3) is 0.118. The minimum atomic E-state index is 1.01. The highest BCUT2D eigenvalue weighted by Crippen LogP contribution is 2.57. The van der Waals surface area contributed by atoms with Crippen LogP contribution in [0.3, 0.4) is 0 Å². The molecule has 0 atom stereocenters. The van der Waals surface area contributed by atoms with E-state index in [1.807, 2.05) is 0 Å². The van der Waals surface area contributed by atoms with E-state index in [1.165, 1.54) is 83.8 Å². The molecule has 2 heterocycles. The maximum absolute atomic E-state index is 2.64. The normalized spacial score (nSPS) is 14.9. The lowest BCUT2D eigenvalue weighted by Gasteiger charge is -2.41. The molecular weight excluding hydrogens is 422 g/mol. The van der Waals surface area contributed by atoms with Crippen molar-refractivity contribution in [1.29, 1.82) is 0 Å². The molecule has 9 rings (SSSR count). The molecule has 35 heavy (non-hydrogen) atoms. The van der Waals surface area contributed by atoms with Gasteiger partial charge in [0, 0.05) is 18.4 Å². The molecule has 1 nitrogen and oxygen atoms in total. The number of hydrogen-bond donors (Lipinski definition) is 0. The first-order chi connectivity index (χ1) is 17.3. The van der Waals surface area contributed by atoms with Crippen LogP contribution >= 0.6 is 0 Å². The SMILES string of the molecule is c1ccc2c(c1)Cc1cc3c(cc1-2)N1c2c(cccc2Cc2ccc4c(c21)-c1ccccc1C4)C3. The van der Waals surface area contributed by atoms with Gasteiger partial charge in [-0.2, -0.15) is 0 Å². The first-order valence-corrected chi connectivity index (χ1v) is 12.7. The molecule has 2 aliphatic heterocycles. The van der Waals surface area contributed by atoms with Gasteiger partial charge in [0.1, 0.15) is 0 Å². The summed E-state index contributed by atoms with van der Waals surface area (Å²) in [4.78, 5) is 2.64. The third-order valence-electron chi connectivity index (χ3n) is 8.66. The summed E-state index contributed by atoms with van der Waals surface area (Å²) in [7, 11) is 0. The molecule has 0 radical (unpaired) electrons. The van der Waals surface area contributed by atoms with Gasteiger partial charge in [-0.25, -0.2) is 0 Å². The van der Waals surface area contributed by atoms with E-state index in [4.69, 9.17) is 0 Å². The van der Waals surface area contributed by atoms with Crippen LogP contribution in [0.1, 0.15) is 44.5 Å². The quantitative estimate of drug-likeness (QED) is 0.228. The van der Waals surface area contributed by atoms with E-state index in [0.717, 1.165) is 25.7 Å². The number of fused-ring (bicyclic) bond motifs is 11. The van der Waals surface area contributed by atoms with Gasteiger partial charge in [-0.1, -0.05) is 84.9 Å². The summed E-state index contributed by atoms with van der Waals surface area (Å²) in [5, 5.41) is 0. The molecule has 5 aromatic rings. The lowest BCUT2D eigenvalue weighted by molar-refractivity contribution is 1.01. The largest absolute Gasteiger partial charge is 0.309 e. The van der Waals surface area contributed by atoms with E-state index in [1.54, 1.807) is 0 Å². The van der Waals surface area contributed by atoms with Crippen LogP contribution in [-0.2, 0) is 25.7 Å². The highest BCUT2D eigenvalue weighted by Gasteiger charge is 2.36. The van der Waals surface area contributed by atoms with Gasteiger partial charge in [-0.05, 0) is 80.1 Å². The Labute approximate surface area is 205 Å². The van der Waals surface area contributed by atoms with Crippen molar-refractivity contribution in [3.63, 3.8) is 0 Å². The second kappa shape index (κ2) is 6.31. The molecule has 5 aromatic carbocycles. The Kier molecular flexibility index (Phi) is 3.29. The Hall–Kier alpha value is -4.10. The van der Waals surface area contributed by atoms with Gasteiger partial charge in [0.2, 0.25) is 0 Å². The van der Waals surface area contributed by atoms with Crippen molar-refractivity contribution >= 4 is 17.1 Å². The van der Waals surface area contributed by atoms with E-state index in [9.17, 15) is 0 Å². The summed E-state index contributed by atoms with van der Waals surface area (Å²) in [6.07, 6.45) is 4.10. The van der Waals surface area contributed by atoms with Crippen molar-refractivity contribution in [3.8, 4) is 22.3 Å². The van der Waals surface area contributed by atoms with E-state index in [0.29, 0.717) is 0 Å². The van der Waals surface area contributed by atoms with Gasteiger partial charge in [0.15, 0.2) is 0 Å². The lowest BCUT2D eigenvalue weighted by atomic mass is 9.83. The molecule has 164 valence electrons. The van der Waals surface area contributed by atoms with Gasteiger partial charge < -0.3 is 4.90 Å². The van der Waals surface area contributed by atoms with Crippen LogP contribution in [0.4, 0.5) is 17.1 Å². The van der Waals surface area contributed by atoms with E-state index < -0.39 is 0 Å². The molecule has 4 aliphatic rings. The van der Waals surface area contributed by atoms with Crippen LogP contribution in [0.15, 0.2) is 91.0 Å². The zero-order valence-electron chi connectivity index (χ0n) is 19.4. The smallest absolute Gasteiger partial charge is 0.0578 e. The Morgan fingerprint density at radius 2 is 1.00 bits per heavy atom. The highest BCUT2D eigenvalue weighted by atomic mass is 15.2. The molecule has 1 heteroatoms. The molecule has 0 fully saturated rings. The third-order valence-corrected chi connectivity index (χ3v) is 8.66. The molecule has 0 saturated carbocycles. The standard InChI is InChI=1S/C34H23N/c1-3-10-28-20(6-1)15-26-18-27-17-24-9-5-8-23-16-25-13-12-22-14-21-7-2-4-11-29(21)32(22)34(25)35(33(23)24)31(27)19-30(26)28/h1-13,18-19H,14-17H2. The number of hydrogen-bond acceptors (Lipinski definition) is 1. The maximum atomic E-state index is 2.64. The van der Waals surface area contributed by atoms with Crippen LogP contribution in [0.5, 0.6) is 0 Å². The number of anilines is 3. The second-order valence-corrected chi connectivity index (χ2v) is 10.5. The van der Waals surface area contributed by atoms with Crippen molar-refractivity contribution in [2.24, 2.45) is 0 Å². The molecule has 0 bridgehead atoms. The predicted molar refractivity (Wildman–Crippen MR) is 143 cm³/mol. The molecular formula is C34H23N. The van der Waals surface area contributed by atoms with Gasteiger partial charge in [0.25, 0.3) is 0 Å². The minimum Gasteiger partial charge on any atom is -0.309 e. The monoisotopic (exact) mass is 445 g/mol. The van der Waals surface area contributed by atoms with Crippen LogP contribution in [0, 0.1) is 0 Å². The average Bonchev–Trinajstić information content (AvgIpc) is 3.45. The maximum Gasteiger partial charge on any atom is 0.0578 e. The number of benzene rings is 5. The molecule has 0 amide bonds. The topological polar surface area (TPSA) is 3.24 Å². The van der Waals surface area contributed by atoms with E-state index in [2.05, 4.69) is 95.9 Å². The number of para-hydroxylation sites is 1. The summed E-state index contributed by atoms with van der Waals surface area (Å²) in [6.45, 7) is 0. The highest BCUT2D eigenvalue weighted by molar-refractivity contribution is 6.00. The summed E-state index contributed by atoms with van der Waals surface area (Å²) in [6, 6.07) is 34.7. The number of nitrogens with zero attached hydrogens (tertiary/aromatic N) is 1. The fourth-order valence-electron chi connectivity index (χ4n) is 7.20. The molecule has 0 N–H and O–H groups in total. The first-order valence-electron chi connectivity index (χ1n) is 12.7. The average molecular weight is 446 g/mol. The Bertz CT molecular complexity index is 1760. The predicted octanol–water partition coefficient (Wildman–Crippen LogP) is 8.11. The van der Waals surface area contributed by atoms with Crippen LogP contribution in [0.25, 0.3) is 22.3 Å². The number of rotatable bonds is 0. The van der Waals surface area contributed by atoms with Gasteiger partial charge in [0.05, 0.1) is 17.1 Å². The van der Waals surface area contributed by atoms with Crippen molar-refractivity contribution in [1.82, 2.24) is 0 Å². The molecule has 0 spiro atoms. The molecule has 0 saturated heterocycles. The van der Waals surface area contributed by atoms with Crippen molar-refractivity contribution in [3.05, 3.63) is 136 Å². The third kappa shape index (κ3) is 2.29. The van der Waals surface area contributed by atoms with E-state index >= 15 is 0 Å². The van der Waals surface area contributed by atoms with Crippen LogP contribution in [0.2, 0.25) is 0 Å². The summed E-state index contributed by atoms with van der Waals surface area (Å²) in [5.74, 6) is 0. The van der Waals surface area contributed by atoms with E-state index in [-0.39, 0.29) is 0 Å². The Morgan fingerprint density at radius 1 is 0.400 bits per heavy atom. The minimum absolute atomic E-state index is 1.01. The summed E-state index contributed by atoms with van der Waals surface area (Å²) >= 11 is 0. The van der Waals surface area contributed by atoms with Gasteiger partial charge in [-0.3, -0.25) is 0 Å². The summed E-state index contributed by atoms with van der Waals surface area (Å²) < 4.78 is 0. The second-order valence-electron chi connectivity index (χ2n) is 10.5. The van der Waals surface area contributed by atoms with Gasteiger partial charge >= 0.3 is 0 Å². The zero-order chi connectivity index (χ0) is 22.7. The Morgan fingerprint density at radius 3 is 1.86 bits per heavy atom. The van der Waals surface area contributed by atoms with Crippen LogP contribution < -0.4 is 4.90 Å². The van der Waals surface area contributed by atoms with Crippen LogP contribution in [-0.4, -0.2) is 0 Å². The van der Waals surface area contributed by atoms with Crippen molar-refractivity contribution in [2.45, 2.75) is 25.7 Å².